The summed E-state index contributed by atoms with van der Waals surface area (Å²) >= 11 is 0. The highest BCUT2D eigenvalue weighted by atomic mass is 31.1. The summed E-state index contributed by atoms with van der Waals surface area (Å²) in [4.78, 5) is 23.0. The summed E-state index contributed by atoms with van der Waals surface area (Å²) in [5.41, 5.74) is 0. The molecule has 0 aromatic heterocycles. The zero-order chi connectivity index (χ0) is 17.3. The molecule has 0 aliphatic carbocycles. The molecule has 0 fully saturated rings. The Bertz CT molecular complexity index is 360. The summed E-state index contributed by atoms with van der Waals surface area (Å²) in [5, 5.41) is 21.7. The van der Waals surface area contributed by atoms with E-state index in [1.165, 1.54) is 0 Å². The smallest absolute Gasteiger partial charge is 0.319 e. The van der Waals surface area contributed by atoms with Crippen LogP contribution in [0.1, 0.15) is 27.7 Å². The lowest BCUT2D eigenvalue weighted by Crippen LogP contribution is -2.36. The molecule has 0 bridgehead atoms. The summed E-state index contributed by atoms with van der Waals surface area (Å²) in [7, 11) is -2.91. The second kappa shape index (κ2) is 10.7. The largest absolute Gasteiger partial charge is 0.377 e. The molecule has 0 saturated heterocycles. The van der Waals surface area contributed by atoms with Crippen molar-refractivity contribution >= 4 is 20.1 Å². The van der Waals surface area contributed by atoms with Crippen molar-refractivity contribution in [2.45, 2.75) is 39.9 Å². The molecule has 0 aliphatic heterocycles. The number of nitrogens with one attached hydrogen (secondary N) is 2. The Labute approximate surface area is 130 Å². The van der Waals surface area contributed by atoms with E-state index in [4.69, 9.17) is 19.3 Å². The van der Waals surface area contributed by atoms with Gasteiger partial charge < -0.3 is 29.9 Å². The topological polar surface area (TPSA) is 134 Å². The lowest BCUT2D eigenvalue weighted by atomic mass is 10.1. The van der Waals surface area contributed by atoms with Gasteiger partial charge in [-0.3, -0.25) is 14.2 Å². The summed E-state index contributed by atoms with van der Waals surface area (Å²) in [6.07, 6.45) is -1.38. The van der Waals surface area contributed by atoms with E-state index >= 15 is 0 Å². The van der Waals surface area contributed by atoms with E-state index in [-0.39, 0.29) is 0 Å². The fraction of sp³-hybridized carbons (Fsp3) is 0.833. The molecule has 0 aromatic rings. The van der Waals surface area contributed by atoms with Gasteiger partial charge in [0.2, 0.25) is 11.8 Å². The van der Waals surface area contributed by atoms with E-state index in [2.05, 4.69) is 10.6 Å². The Morgan fingerprint density at radius 3 is 1.50 bits per heavy atom. The van der Waals surface area contributed by atoms with Crippen molar-refractivity contribution in [3.8, 4) is 0 Å². The van der Waals surface area contributed by atoms with Crippen LogP contribution >= 0.6 is 8.25 Å². The quantitative estimate of drug-likeness (QED) is 0.314. The number of carbonyl (C=O) groups is 2. The SMILES string of the molecule is CC(O[PH](=O)OC(C)C(C)C(=O)NCO)C(C)C(=O)NCO. The van der Waals surface area contributed by atoms with Gasteiger partial charge in [0.05, 0.1) is 24.0 Å². The van der Waals surface area contributed by atoms with E-state index in [0.29, 0.717) is 0 Å². The van der Waals surface area contributed by atoms with Crippen molar-refractivity contribution in [3.63, 3.8) is 0 Å². The third-order valence-electron chi connectivity index (χ3n) is 3.31. The van der Waals surface area contributed by atoms with Gasteiger partial charge in [-0.15, -0.1) is 0 Å². The summed E-state index contributed by atoms with van der Waals surface area (Å²) in [6.45, 7) is 5.25. The Balaban J connectivity index is 4.37. The zero-order valence-electron chi connectivity index (χ0n) is 13.2. The van der Waals surface area contributed by atoms with Gasteiger partial charge in [-0.1, -0.05) is 13.8 Å². The van der Waals surface area contributed by atoms with Gasteiger partial charge in [0.25, 0.3) is 0 Å². The fourth-order valence-electron chi connectivity index (χ4n) is 1.44. The lowest BCUT2D eigenvalue weighted by Gasteiger charge is -2.22. The molecule has 0 heterocycles. The predicted octanol–water partition coefficient (Wildman–Crippen LogP) is -0.409. The van der Waals surface area contributed by atoms with Crippen LogP contribution in [0.3, 0.4) is 0 Å². The van der Waals surface area contributed by atoms with Crippen molar-refractivity contribution in [3.05, 3.63) is 0 Å². The second-order valence-corrected chi connectivity index (χ2v) is 5.84. The lowest BCUT2D eigenvalue weighted by molar-refractivity contribution is -0.128. The Morgan fingerprint density at radius 1 is 0.909 bits per heavy atom. The van der Waals surface area contributed by atoms with Crippen LogP contribution in [-0.4, -0.2) is 47.7 Å². The molecular weight excluding hydrogens is 315 g/mol. The highest BCUT2D eigenvalue weighted by Crippen LogP contribution is 2.32. The minimum Gasteiger partial charge on any atom is -0.377 e. The minimum absolute atomic E-state index is 0.437. The molecular formula is C12H25N2O7P. The van der Waals surface area contributed by atoms with Crippen molar-refractivity contribution < 1.29 is 33.4 Å². The standard InChI is InChI=1S/C12H25N2O7P/c1-7(11(17)13-5-15)9(3)20-22(19)21-10(4)8(2)12(18)14-6-16/h7-10,15-16,22H,5-6H2,1-4H3,(H,13,17)(H,14,18). The molecule has 0 aromatic carbocycles. The second-order valence-electron chi connectivity index (χ2n) is 4.87. The molecule has 9 nitrogen and oxygen atoms in total. The zero-order valence-corrected chi connectivity index (χ0v) is 14.2. The maximum atomic E-state index is 11.8. The summed E-state index contributed by atoms with van der Waals surface area (Å²) in [5.74, 6) is -2.13. The molecule has 0 rings (SSSR count). The highest BCUT2D eigenvalue weighted by molar-refractivity contribution is 7.33. The third kappa shape index (κ3) is 7.33. The van der Waals surface area contributed by atoms with Crippen LogP contribution in [0.25, 0.3) is 0 Å². The first kappa shape index (κ1) is 21.0. The van der Waals surface area contributed by atoms with Crippen LogP contribution in [0.15, 0.2) is 0 Å². The molecule has 0 aliphatic rings. The molecule has 10 heteroatoms. The van der Waals surface area contributed by atoms with Gasteiger partial charge in [-0.05, 0) is 13.8 Å². The molecule has 130 valence electrons. The molecule has 4 unspecified atom stereocenters. The van der Waals surface area contributed by atoms with E-state index in [9.17, 15) is 14.2 Å². The predicted molar refractivity (Wildman–Crippen MR) is 78.9 cm³/mol. The number of hydrogen-bond acceptors (Lipinski definition) is 7. The Morgan fingerprint density at radius 2 is 1.23 bits per heavy atom. The number of aliphatic hydroxyl groups excluding tert-OH is 2. The molecule has 0 saturated carbocycles. The third-order valence-corrected chi connectivity index (χ3v) is 4.43. The van der Waals surface area contributed by atoms with Gasteiger partial charge in [-0.25, -0.2) is 0 Å². The van der Waals surface area contributed by atoms with E-state index in [1.54, 1.807) is 27.7 Å². The van der Waals surface area contributed by atoms with Crippen molar-refractivity contribution in [2.75, 3.05) is 13.5 Å². The first-order chi connectivity index (χ1) is 10.2. The van der Waals surface area contributed by atoms with Crippen LogP contribution < -0.4 is 10.6 Å². The van der Waals surface area contributed by atoms with Crippen LogP contribution in [0, 0.1) is 11.8 Å². The maximum absolute atomic E-state index is 11.8. The van der Waals surface area contributed by atoms with Gasteiger partial charge in [0.1, 0.15) is 13.5 Å². The van der Waals surface area contributed by atoms with Crippen molar-refractivity contribution in [2.24, 2.45) is 11.8 Å². The first-order valence-corrected chi connectivity index (χ1v) is 8.11. The summed E-state index contributed by atoms with van der Waals surface area (Å²) in [6, 6.07) is 0. The monoisotopic (exact) mass is 340 g/mol. The van der Waals surface area contributed by atoms with Crippen molar-refractivity contribution in [1.29, 1.82) is 0 Å². The van der Waals surface area contributed by atoms with E-state index in [1.807, 2.05) is 0 Å². The van der Waals surface area contributed by atoms with Gasteiger partial charge in [0, 0.05) is 0 Å². The average molecular weight is 340 g/mol. The normalized spacial score (nSPS) is 17.9. The first-order valence-electron chi connectivity index (χ1n) is 6.89. The average Bonchev–Trinajstić information content (AvgIpc) is 2.45. The van der Waals surface area contributed by atoms with Gasteiger partial charge in [-0.2, -0.15) is 0 Å². The van der Waals surface area contributed by atoms with Crippen LogP contribution in [0.2, 0.25) is 0 Å². The Kier molecular flexibility index (Phi) is 10.2. The summed E-state index contributed by atoms with van der Waals surface area (Å²) < 4.78 is 22.1. The number of amides is 2. The van der Waals surface area contributed by atoms with E-state index in [0.717, 1.165) is 0 Å². The van der Waals surface area contributed by atoms with Gasteiger partial charge >= 0.3 is 8.25 Å². The van der Waals surface area contributed by atoms with Crippen LogP contribution in [-0.2, 0) is 23.2 Å². The number of carbonyl (C=O) groups excluding carboxylic acids is 2. The molecule has 4 N–H and O–H groups in total. The maximum Gasteiger partial charge on any atom is 0.319 e. The number of rotatable bonds is 10. The molecule has 2 amide bonds. The minimum atomic E-state index is -2.91. The number of hydrogen-bond donors (Lipinski definition) is 4. The molecule has 0 radical (unpaired) electrons. The highest BCUT2D eigenvalue weighted by Gasteiger charge is 2.26. The molecule has 22 heavy (non-hydrogen) atoms. The van der Waals surface area contributed by atoms with Crippen molar-refractivity contribution in [1.82, 2.24) is 10.6 Å². The molecule has 4 atom stereocenters. The van der Waals surface area contributed by atoms with Gasteiger partial charge in [0.15, 0.2) is 0 Å². The fourth-order valence-corrected chi connectivity index (χ4v) is 2.51. The van der Waals surface area contributed by atoms with Crippen LogP contribution in [0.4, 0.5) is 0 Å². The van der Waals surface area contributed by atoms with E-state index < -0.39 is 57.6 Å². The number of aliphatic hydroxyl groups is 2. The Hall–Kier alpha value is -0.990. The van der Waals surface area contributed by atoms with Crippen LogP contribution in [0.5, 0.6) is 0 Å². The molecule has 0 spiro atoms.